The highest BCUT2D eigenvalue weighted by atomic mass is 14.7. The molecule has 1 heteroatoms. The second-order valence-corrected chi connectivity index (χ2v) is 11.9. The highest BCUT2D eigenvalue weighted by Crippen LogP contribution is 2.64. The van der Waals surface area contributed by atoms with E-state index >= 15 is 0 Å². The van der Waals surface area contributed by atoms with Crippen molar-refractivity contribution in [1.29, 1.82) is 0 Å². The number of rotatable bonds is 1. The van der Waals surface area contributed by atoms with Crippen LogP contribution in [0.3, 0.4) is 0 Å². The topological polar surface area (TPSA) is 26.0 Å². The third-order valence-corrected chi connectivity index (χ3v) is 10.6. The van der Waals surface area contributed by atoms with E-state index in [4.69, 9.17) is 5.73 Å². The fourth-order valence-corrected chi connectivity index (χ4v) is 9.23. The lowest BCUT2D eigenvalue weighted by molar-refractivity contribution is 0.0385. The van der Waals surface area contributed by atoms with E-state index < -0.39 is 0 Å². The molecule has 26 heavy (non-hydrogen) atoms. The maximum atomic E-state index is 6.41. The maximum absolute atomic E-state index is 6.41. The van der Waals surface area contributed by atoms with Gasteiger partial charge in [-0.1, -0.05) is 39.5 Å². The van der Waals surface area contributed by atoms with Crippen molar-refractivity contribution < 1.29 is 0 Å². The zero-order valence-corrected chi connectivity index (χ0v) is 17.5. The van der Waals surface area contributed by atoms with Gasteiger partial charge in [0.15, 0.2) is 0 Å². The Hall–Kier alpha value is -0.0400. The van der Waals surface area contributed by atoms with Gasteiger partial charge in [-0.2, -0.15) is 0 Å². The van der Waals surface area contributed by atoms with Crippen molar-refractivity contribution in [1.82, 2.24) is 0 Å². The Labute approximate surface area is 162 Å². The molecule has 0 aromatic carbocycles. The van der Waals surface area contributed by atoms with E-state index in [1.807, 2.05) is 0 Å². The Morgan fingerprint density at radius 3 is 1.92 bits per heavy atom. The highest BCUT2D eigenvalue weighted by Gasteiger charge is 2.57. The smallest absolute Gasteiger partial charge is 0.00418 e. The van der Waals surface area contributed by atoms with Gasteiger partial charge >= 0.3 is 0 Å². The molecule has 1 nitrogen and oxygen atoms in total. The molecule has 5 fully saturated rings. The standard InChI is InChI=1S/C25H43N/c1-25(2)23-14-19(18-8-7-16-5-3-4-6-17(16)13-18)9-11-21(23)22-12-10-20(26)15-24(22)25/h16-24H,3-15,26H2,1-2H3. The molecule has 148 valence electrons. The SMILES string of the molecule is CC1(C)C2CC(N)CCC2C2CCC(C3CCC4CCCCC4C3)CC21. The van der Waals surface area contributed by atoms with Gasteiger partial charge in [-0.25, -0.2) is 0 Å². The summed E-state index contributed by atoms with van der Waals surface area (Å²) >= 11 is 0. The van der Waals surface area contributed by atoms with Crippen LogP contribution >= 0.6 is 0 Å². The van der Waals surface area contributed by atoms with Gasteiger partial charge in [0.1, 0.15) is 0 Å². The summed E-state index contributed by atoms with van der Waals surface area (Å²) in [7, 11) is 0. The summed E-state index contributed by atoms with van der Waals surface area (Å²) in [5, 5.41) is 0. The minimum Gasteiger partial charge on any atom is -0.328 e. The molecule has 5 rings (SSSR count). The molecule has 5 aliphatic rings. The molecule has 0 saturated heterocycles. The summed E-state index contributed by atoms with van der Waals surface area (Å²) in [4.78, 5) is 0. The van der Waals surface area contributed by atoms with Crippen molar-refractivity contribution in [3.05, 3.63) is 0 Å². The van der Waals surface area contributed by atoms with Crippen LogP contribution in [0, 0.1) is 52.8 Å². The van der Waals surface area contributed by atoms with Gasteiger partial charge in [0.2, 0.25) is 0 Å². The van der Waals surface area contributed by atoms with E-state index in [9.17, 15) is 0 Å². The molecule has 0 aliphatic heterocycles. The van der Waals surface area contributed by atoms with Crippen LogP contribution in [-0.4, -0.2) is 6.04 Å². The second-order valence-electron chi connectivity index (χ2n) is 11.9. The van der Waals surface area contributed by atoms with Crippen molar-refractivity contribution in [3.63, 3.8) is 0 Å². The molecule has 5 aliphatic carbocycles. The minimum atomic E-state index is 0.494. The molecule has 0 bridgehead atoms. The average Bonchev–Trinajstić information content (AvgIpc) is 2.88. The Morgan fingerprint density at radius 2 is 1.12 bits per heavy atom. The van der Waals surface area contributed by atoms with Crippen LogP contribution in [0.15, 0.2) is 0 Å². The molecule has 0 spiro atoms. The largest absolute Gasteiger partial charge is 0.328 e. The number of nitrogens with two attached hydrogens (primary N) is 1. The van der Waals surface area contributed by atoms with Crippen LogP contribution in [0.5, 0.6) is 0 Å². The van der Waals surface area contributed by atoms with Gasteiger partial charge in [-0.05, 0) is 111 Å². The van der Waals surface area contributed by atoms with Crippen LogP contribution in [0.2, 0.25) is 0 Å². The van der Waals surface area contributed by atoms with Crippen LogP contribution in [0.4, 0.5) is 0 Å². The molecule has 9 atom stereocenters. The van der Waals surface area contributed by atoms with Crippen molar-refractivity contribution in [2.45, 2.75) is 103 Å². The lowest BCUT2D eigenvalue weighted by Gasteiger charge is -2.46. The summed E-state index contributed by atoms with van der Waals surface area (Å²) < 4.78 is 0. The molecular formula is C25H43N. The summed E-state index contributed by atoms with van der Waals surface area (Å²) in [5.41, 5.74) is 6.96. The first-order chi connectivity index (χ1) is 12.5. The van der Waals surface area contributed by atoms with Crippen molar-refractivity contribution in [3.8, 4) is 0 Å². The zero-order valence-electron chi connectivity index (χ0n) is 17.5. The third-order valence-electron chi connectivity index (χ3n) is 10.6. The van der Waals surface area contributed by atoms with E-state index in [2.05, 4.69) is 13.8 Å². The molecule has 0 aromatic heterocycles. The average molecular weight is 358 g/mol. The van der Waals surface area contributed by atoms with E-state index in [0.29, 0.717) is 11.5 Å². The summed E-state index contributed by atoms with van der Waals surface area (Å²) in [5.74, 6) is 8.36. The second kappa shape index (κ2) is 6.78. The molecule has 0 heterocycles. The monoisotopic (exact) mass is 357 g/mol. The first-order valence-corrected chi connectivity index (χ1v) is 12.3. The fraction of sp³-hybridized carbons (Fsp3) is 1.00. The minimum absolute atomic E-state index is 0.494. The first-order valence-electron chi connectivity index (χ1n) is 12.3. The van der Waals surface area contributed by atoms with Gasteiger partial charge in [-0.15, -0.1) is 0 Å². The number of fused-ring (bicyclic) bond motifs is 4. The van der Waals surface area contributed by atoms with Crippen molar-refractivity contribution in [2.75, 3.05) is 0 Å². The van der Waals surface area contributed by atoms with Gasteiger partial charge in [0.05, 0.1) is 0 Å². The molecule has 9 unspecified atom stereocenters. The van der Waals surface area contributed by atoms with Crippen LogP contribution < -0.4 is 5.73 Å². The van der Waals surface area contributed by atoms with Gasteiger partial charge < -0.3 is 5.73 Å². The van der Waals surface area contributed by atoms with E-state index in [0.717, 1.165) is 47.3 Å². The fourth-order valence-electron chi connectivity index (χ4n) is 9.23. The normalized spacial score (nSPS) is 53.4. The van der Waals surface area contributed by atoms with Crippen LogP contribution in [-0.2, 0) is 0 Å². The third kappa shape index (κ3) is 2.90. The Morgan fingerprint density at radius 1 is 0.577 bits per heavy atom. The van der Waals surface area contributed by atoms with Gasteiger partial charge in [0.25, 0.3) is 0 Å². The van der Waals surface area contributed by atoms with Gasteiger partial charge in [-0.3, -0.25) is 0 Å². The summed E-state index contributed by atoms with van der Waals surface area (Å²) in [6, 6.07) is 0.494. The molecule has 5 saturated carbocycles. The molecule has 0 amide bonds. The van der Waals surface area contributed by atoms with Crippen LogP contribution in [0.1, 0.15) is 97.3 Å². The quantitative estimate of drug-likeness (QED) is 0.576. The molecular weight excluding hydrogens is 314 g/mol. The predicted octanol–water partition coefficient (Wildman–Crippen LogP) is 6.41. The Balaban J connectivity index is 1.29. The Bertz CT molecular complexity index is 510. The highest BCUT2D eigenvalue weighted by molar-refractivity contribution is 5.07. The number of hydrogen-bond donors (Lipinski definition) is 1. The summed E-state index contributed by atoms with van der Waals surface area (Å²) in [6.45, 7) is 5.27. The predicted molar refractivity (Wildman–Crippen MR) is 110 cm³/mol. The summed E-state index contributed by atoms with van der Waals surface area (Å²) in [6.07, 6.45) is 19.7. The molecule has 0 radical (unpaired) electrons. The van der Waals surface area contributed by atoms with E-state index in [1.165, 1.54) is 32.1 Å². The van der Waals surface area contributed by atoms with Gasteiger partial charge in [0, 0.05) is 6.04 Å². The number of hydrogen-bond acceptors (Lipinski definition) is 1. The van der Waals surface area contributed by atoms with Crippen molar-refractivity contribution in [2.24, 2.45) is 58.5 Å². The van der Waals surface area contributed by atoms with E-state index in [-0.39, 0.29) is 0 Å². The van der Waals surface area contributed by atoms with E-state index in [1.54, 1.807) is 51.4 Å². The molecule has 0 aromatic rings. The van der Waals surface area contributed by atoms with Crippen molar-refractivity contribution >= 4 is 0 Å². The maximum Gasteiger partial charge on any atom is 0.00418 e. The molecule has 2 N–H and O–H groups in total. The van der Waals surface area contributed by atoms with Crippen LogP contribution in [0.25, 0.3) is 0 Å². The lowest BCUT2D eigenvalue weighted by atomic mass is 9.59. The first kappa shape index (κ1) is 18.0. The zero-order chi connectivity index (χ0) is 17.9. The Kier molecular flexibility index (Phi) is 4.70. The lowest BCUT2D eigenvalue weighted by Crippen LogP contribution is -2.38.